The van der Waals surface area contributed by atoms with Crippen LogP contribution < -0.4 is 11.1 Å². The SMILES string of the molecule is NC1CC(CNC2CCCCCC2)C1. The Morgan fingerprint density at radius 2 is 1.64 bits per heavy atom. The van der Waals surface area contributed by atoms with Crippen molar-refractivity contribution in [3.05, 3.63) is 0 Å². The van der Waals surface area contributed by atoms with Crippen LogP contribution in [-0.2, 0) is 0 Å². The molecular weight excluding hydrogens is 172 g/mol. The smallest absolute Gasteiger partial charge is 0.00671 e. The van der Waals surface area contributed by atoms with Gasteiger partial charge in [0.05, 0.1) is 0 Å². The van der Waals surface area contributed by atoms with Gasteiger partial charge >= 0.3 is 0 Å². The van der Waals surface area contributed by atoms with Crippen molar-refractivity contribution in [2.45, 2.75) is 63.5 Å². The first kappa shape index (κ1) is 10.4. The maximum absolute atomic E-state index is 5.77. The summed E-state index contributed by atoms with van der Waals surface area (Å²) in [6.07, 6.45) is 11.1. The molecule has 0 amide bonds. The molecule has 2 nitrogen and oxygen atoms in total. The Morgan fingerprint density at radius 3 is 2.21 bits per heavy atom. The number of hydrogen-bond donors (Lipinski definition) is 2. The first-order chi connectivity index (χ1) is 6.84. The van der Waals surface area contributed by atoms with Crippen molar-refractivity contribution in [3.8, 4) is 0 Å². The molecule has 2 heteroatoms. The molecule has 2 saturated carbocycles. The highest BCUT2D eigenvalue weighted by Crippen LogP contribution is 2.25. The Kier molecular flexibility index (Phi) is 3.82. The van der Waals surface area contributed by atoms with Gasteiger partial charge in [0.1, 0.15) is 0 Å². The quantitative estimate of drug-likeness (QED) is 0.678. The van der Waals surface area contributed by atoms with Gasteiger partial charge in [0.25, 0.3) is 0 Å². The average molecular weight is 196 g/mol. The molecule has 3 N–H and O–H groups in total. The predicted molar refractivity (Wildman–Crippen MR) is 60.2 cm³/mol. The van der Waals surface area contributed by atoms with E-state index in [1.165, 1.54) is 57.9 Å². The maximum atomic E-state index is 5.77. The molecule has 0 unspecified atom stereocenters. The highest BCUT2D eigenvalue weighted by Gasteiger charge is 2.26. The van der Waals surface area contributed by atoms with Gasteiger partial charge in [-0.25, -0.2) is 0 Å². The third kappa shape index (κ3) is 2.96. The molecule has 0 aromatic heterocycles. The average Bonchev–Trinajstić information content (AvgIpc) is 2.38. The second-order valence-electron chi connectivity index (χ2n) is 5.19. The van der Waals surface area contributed by atoms with Gasteiger partial charge < -0.3 is 11.1 Å². The van der Waals surface area contributed by atoms with Gasteiger partial charge in [-0.05, 0) is 38.1 Å². The zero-order chi connectivity index (χ0) is 9.80. The normalized spacial score (nSPS) is 34.9. The Bertz CT molecular complexity index is 156. The summed E-state index contributed by atoms with van der Waals surface area (Å²) in [5.41, 5.74) is 5.77. The van der Waals surface area contributed by atoms with Crippen molar-refractivity contribution in [3.63, 3.8) is 0 Å². The zero-order valence-electron chi connectivity index (χ0n) is 9.17. The van der Waals surface area contributed by atoms with Gasteiger partial charge in [0.2, 0.25) is 0 Å². The second kappa shape index (κ2) is 5.13. The minimum absolute atomic E-state index is 0.510. The summed E-state index contributed by atoms with van der Waals surface area (Å²) < 4.78 is 0. The molecule has 0 aromatic carbocycles. The summed E-state index contributed by atoms with van der Waals surface area (Å²) in [6, 6.07) is 1.32. The van der Waals surface area contributed by atoms with E-state index in [0.29, 0.717) is 6.04 Å². The van der Waals surface area contributed by atoms with Gasteiger partial charge in [0.15, 0.2) is 0 Å². The number of rotatable bonds is 3. The molecule has 0 saturated heterocycles. The number of nitrogens with one attached hydrogen (secondary N) is 1. The van der Waals surface area contributed by atoms with E-state index in [4.69, 9.17) is 5.73 Å². The molecule has 2 aliphatic carbocycles. The Labute approximate surface area is 87.6 Å². The van der Waals surface area contributed by atoms with Gasteiger partial charge in [-0.2, -0.15) is 0 Å². The molecule has 0 spiro atoms. The van der Waals surface area contributed by atoms with Crippen LogP contribution in [0.5, 0.6) is 0 Å². The molecule has 0 heterocycles. The predicted octanol–water partition coefficient (Wildman–Crippen LogP) is 2.04. The summed E-state index contributed by atoms with van der Waals surface area (Å²) in [6.45, 7) is 1.22. The summed E-state index contributed by atoms with van der Waals surface area (Å²) >= 11 is 0. The largest absolute Gasteiger partial charge is 0.328 e. The Morgan fingerprint density at radius 1 is 1.00 bits per heavy atom. The zero-order valence-corrected chi connectivity index (χ0v) is 9.17. The minimum Gasteiger partial charge on any atom is -0.328 e. The monoisotopic (exact) mass is 196 g/mol. The molecule has 82 valence electrons. The Balaban J connectivity index is 1.59. The van der Waals surface area contributed by atoms with Crippen LogP contribution in [0.1, 0.15) is 51.4 Å². The Hall–Kier alpha value is -0.0800. The van der Waals surface area contributed by atoms with Crippen LogP contribution in [0.2, 0.25) is 0 Å². The van der Waals surface area contributed by atoms with Crippen LogP contribution in [0.3, 0.4) is 0 Å². The van der Waals surface area contributed by atoms with Gasteiger partial charge in [0, 0.05) is 12.1 Å². The van der Waals surface area contributed by atoms with Crippen LogP contribution in [-0.4, -0.2) is 18.6 Å². The fourth-order valence-corrected chi connectivity index (χ4v) is 2.77. The molecule has 2 fully saturated rings. The van der Waals surface area contributed by atoms with Crippen LogP contribution in [0.15, 0.2) is 0 Å². The highest BCUT2D eigenvalue weighted by molar-refractivity contribution is 4.84. The minimum atomic E-state index is 0.510. The summed E-state index contributed by atoms with van der Waals surface area (Å²) in [5.74, 6) is 0.883. The number of nitrogens with two attached hydrogens (primary N) is 1. The molecule has 0 radical (unpaired) electrons. The van der Waals surface area contributed by atoms with Crippen molar-refractivity contribution in [2.24, 2.45) is 11.7 Å². The van der Waals surface area contributed by atoms with Crippen molar-refractivity contribution >= 4 is 0 Å². The molecular formula is C12H24N2. The topological polar surface area (TPSA) is 38.0 Å². The molecule has 0 atom stereocenters. The first-order valence-corrected chi connectivity index (χ1v) is 6.33. The molecule has 2 aliphatic rings. The lowest BCUT2D eigenvalue weighted by Crippen LogP contribution is -2.43. The van der Waals surface area contributed by atoms with Crippen LogP contribution in [0.4, 0.5) is 0 Å². The lowest BCUT2D eigenvalue weighted by molar-refractivity contribution is 0.244. The van der Waals surface area contributed by atoms with E-state index in [-0.39, 0.29) is 0 Å². The van der Waals surface area contributed by atoms with Crippen LogP contribution in [0.25, 0.3) is 0 Å². The van der Waals surface area contributed by atoms with Crippen molar-refractivity contribution < 1.29 is 0 Å². The molecule has 14 heavy (non-hydrogen) atoms. The van der Waals surface area contributed by atoms with E-state index in [2.05, 4.69) is 5.32 Å². The fourth-order valence-electron chi connectivity index (χ4n) is 2.77. The van der Waals surface area contributed by atoms with Crippen LogP contribution in [0, 0.1) is 5.92 Å². The van der Waals surface area contributed by atoms with Gasteiger partial charge in [-0.15, -0.1) is 0 Å². The molecule has 0 bridgehead atoms. The first-order valence-electron chi connectivity index (χ1n) is 6.33. The summed E-state index contributed by atoms with van der Waals surface area (Å²) in [4.78, 5) is 0. The van der Waals surface area contributed by atoms with E-state index in [0.717, 1.165) is 12.0 Å². The standard InChI is InChI=1S/C12H24N2/c13-11-7-10(8-11)9-14-12-5-3-1-2-4-6-12/h10-12,14H,1-9,13H2. The van der Waals surface area contributed by atoms with Crippen molar-refractivity contribution in [2.75, 3.05) is 6.54 Å². The highest BCUT2D eigenvalue weighted by atomic mass is 14.9. The third-order valence-corrected chi connectivity index (χ3v) is 3.82. The van der Waals surface area contributed by atoms with E-state index in [1.807, 2.05) is 0 Å². The van der Waals surface area contributed by atoms with Crippen molar-refractivity contribution in [1.82, 2.24) is 5.32 Å². The molecule has 2 rings (SSSR count). The fraction of sp³-hybridized carbons (Fsp3) is 1.00. The van der Waals surface area contributed by atoms with E-state index >= 15 is 0 Å². The summed E-state index contributed by atoms with van der Waals surface area (Å²) in [5, 5.41) is 3.73. The molecule has 0 aliphatic heterocycles. The van der Waals surface area contributed by atoms with E-state index in [9.17, 15) is 0 Å². The van der Waals surface area contributed by atoms with E-state index in [1.54, 1.807) is 0 Å². The van der Waals surface area contributed by atoms with E-state index < -0.39 is 0 Å². The van der Waals surface area contributed by atoms with Gasteiger partial charge in [-0.3, -0.25) is 0 Å². The second-order valence-corrected chi connectivity index (χ2v) is 5.19. The third-order valence-electron chi connectivity index (χ3n) is 3.82. The van der Waals surface area contributed by atoms with Gasteiger partial charge in [-0.1, -0.05) is 25.7 Å². The number of hydrogen-bond acceptors (Lipinski definition) is 2. The van der Waals surface area contributed by atoms with Crippen LogP contribution >= 0.6 is 0 Å². The molecule has 0 aromatic rings. The van der Waals surface area contributed by atoms with Crippen molar-refractivity contribution in [1.29, 1.82) is 0 Å². The summed E-state index contributed by atoms with van der Waals surface area (Å²) in [7, 11) is 0. The lowest BCUT2D eigenvalue weighted by Gasteiger charge is -2.33. The lowest BCUT2D eigenvalue weighted by atomic mass is 9.81. The maximum Gasteiger partial charge on any atom is 0.00671 e.